The van der Waals surface area contributed by atoms with Crippen molar-refractivity contribution in [3.05, 3.63) is 68.7 Å². The lowest BCUT2D eigenvalue weighted by atomic mass is 9.82. The molecule has 2 aliphatic carbocycles. The SMILES string of the molecule is C#Cc1ccc(Cl)cc1C1CCCCC1.C[Si](C)(C)C#Cc1ccc(Cl)cc1C1CCCCC1. The largest absolute Gasteiger partial charge is 0.129 e. The summed E-state index contributed by atoms with van der Waals surface area (Å²) >= 11 is 12.2. The van der Waals surface area contributed by atoms with Gasteiger partial charge < -0.3 is 0 Å². The zero-order chi connectivity index (χ0) is 24.6. The molecule has 180 valence electrons. The van der Waals surface area contributed by atoms with Crippen LogP contribution >= 0.6 is 23.2 Å². The van der Waals surface area contributed by atoms with Crippen molar-refractivity contribution in [1.82, 2.24) is 0 Å². The van der Waals surface area contributed by atoms with E-state index < -0.39 is 8.07 Å². The van der Waals surface area contributed by atoms with E-state index in [0.29, 0.717) is 11.8 Å². The molecule has 34 heavy (non-hydrogen) atoms. The van der Waals surface area contributed by atoms with E-state index in [4.69, 9.17) is 29.6 Å². The number of benzene rings is 2. The Hall–Kier alpha value is -1.64. The predicted octanol–water partition coefficient (Wildman–Crippen LogP) is 9.99. The first-order chi connectivity index (χ1) is 16.3. The summed E-state index contributed by atoms with van der Waals surface area (Å²) in [6.45, 7) is 6.86. The minimum absolute atomic E-state index is 0.628. The molecular weight excluding hydrogens is 471 g/mol. The second kappa shape index (κ2) is 12.9. The van der Waals surface area contributed by atoms with Crippen LogP contribution in [0.2, 0.25) is 29.7 Å². The number of hydrogen-bond donors (Lipinski definition) is 0. The highest BCUT2D eigenvalue weighted by Gasteiger charge is 2.19. The molecule has 2 aliphatic rings. The second-order valence-corrected chi connectivity index (χ2v) is 16.4. The normalized spacial score (nSPS) is 17.1. The summed E-state index contributed by atoms with van der Waals surface area (Å²) in [6.07, 6.45) is 18.7. The summed E-state index contributed by atoms with van der Waals surface area (Å²) in [5.41, 5.74) is 8.38. The van der Waals surface area contributed by atoms with Crippen molar-refractivity contribution in [2.45, 2.75) is 95.7 Å². The number of hydrogen-bond acceptors (Lipinski definition) is 0. The van der Waals surface area contributed by atoms with Crippen LogP contribution in [-0.2, 0) is 0 Å². The van der Waals surface area contributed by atoms with Crippen molar-refractivity contribution in [3.63, 3.8) is 0 Å². The van der Waals surface area contributed by atoms with Gasteiger partial charge in [0.25, 0.3) is 0 Å². The van der Waals surface area contributed by atoms with E-state index in [2.05, 4.69) is 49.2 Å². The van der Waals surface area contributed by atoms with Gasteiger partial charge in [0.2, 0.25) is 0 Å². The first-order valence-corrected chi connectivity index (χ1v) is 17.1. The van der Waals surface area contributed by atoms with Crippen molar-refractivity contribution < 1.29 is 0 Å². The Morgan fingerprint density at radius 2 is 1.15 bits per heavy atom. The lowest BCUT2D eigenvalue weighted by Gasteiger charge is -2.23. The Bertz CT molecular complexity index is 1050. The Morgan fingerprint density at radius 3 is 1.59 bits per heavy atom. The maximum Gasteiger partial charge on any atom is 0.129 e. The third kappa shape index (κ3) is 8.24. The zero-order valence-electron chi connectivity index (χ0n) is 21.0. The summed E-state index contributed by atoms with van der Waals surface area (Å²) in [7, 11) is -1.32. The van der Waals surface area contributed by atoms with Crippen molar-refractivity contribution in [2.75, 3.05) is 0 Å². The van der Waals surface area contributed by atoms with Crippen LogP contribution in [-0.4, -0.2) is 8.07 Å². The van der Waals surface area contributed by atoms with Gasteiger partial charge in [0.1, 0.15) is 8.07 Å². The first-order valence-electron chi connectivity index (χ1n) is 12.9. The fourth-order valence-electron chi connectivity index (χ4n) is 5.07. The van der Waals surface area contributed by atoms with E-state index in [-0.39, 0.29) is 0 Å². The molecule has 0 aromatic heterocycles. The average molecular weight is 510 g/mol. The third-order valence-corrected chi connectivity index (χ3v) is 8.19. The molecule has 0 radical (unpaired) electrons. The van der Waals surface area contributed by atoms with E-state index in [9.17, 15) is 0 Å². The van der Waals surface area contributed by atoms with Crippen LogP contribution in [0.3, 0.4) is 0 Å². The molecule has 2 saturated carbocycles. The fourth-order valence-corrected chi connectivity index (χ4v) is 5.94. The maximum absolute atomic E-state index is 6.19. The molecule has 0 heterocycles. The van der Waals surface area contributed by atoms with E-state index in [1.807, 2.05) is 24.3 Å². The molecule has 2 fully saturated rings. The van der Waals surface area contributed by atoms with E-state index in [0.717, 1.165) is 15.6 Å². The van der Waals surface area contributed by atoms with E-state index in [1.165, 1.54) is 80.9 Å². The minimum atomic E-state index is -1.32. The number of rotatable bonds is 2. The maximum atomic E-state index is 6.19. The summed E-state index contributed by atoms with van der Waals surface area (Å²) in [5.74, 6) is 7.49. The topological polar surface area (TPSA) is 0 Å². The van der Waals surface area contributed by atoms with Crippen molar-refractivity contribution in [2.24, 2.45) is 0 Å². The number of terminal acetylenes is 1. The second-order valence-electron chi connectivity index (χ2n) is 10.8. The highest BCUT2D eigenvalue weighted by molar-refractivity contribution is 6.83. The van der Waals surface area contributed by atoms with Crippen LogP contribution in [0.5, 0.6) is 0 Å². The van der Waals surface area contributed by atoms with E-state index >= 15 is 0 Å². The predicted molar refractivity (Wildman–Crippen MR) is 153 cm³/mol. The van der Waals surface area contributed by atoms with Gasteiger partial charge in [-0.3, -0.25) is 0 Å². The molecule has 2 aromatic rings. The molecule has 0 unspecified atom stereocenters. The molecule has 0 nitrogen and oxygen atoms in total. The molecule has 0 saturated heterocycles. The lowest BCUT2D eigenvalue weighted by molar-refractivity contribution is 0.443. The fraction of sp³-hybridized carbons (Fsp3) is 0.484. The summed E-state index contributed by atoms with van der Waals surface area (Å²) in [5, 5.41) is 1.65. The molecule has 4 rings (SSSR count). The molecule has 0 spiro atoms. The quantitative estimate of drug-likeness (QED) is 0.279. The summed E-state index contributed by atoms with van der Waals surface area (Å²) < 4.78 is 0. The number of halogens is 2. The van der Waals surface area contributed by atoms with E-state index in [1.54, 1.807) is 0 Å². The molecule has 0 aliphatic heterocycles. The van der Waals surface area contributed by atoms with Gasteiger partial charge >= 0.3 is 0 Å². The summed E-state index contributed by atoms with van der Waals surface area (Å²) in [4.78, 5) is 0. The molecule has 0 amide bonds. The van der Waals surface area contributed by atoms with Gasteiger partial charge in [0.05, 0.1) is 0 Å². The summed E-state index contributed by atoms with van der Waals surface area (Å²) in [6, 6.07) is 12.1. The van der Waals surface area contributed by atoms with Gasteiger partial charge in [0.15, 0.2) is 0 Å². The van der Waals surface area contributed by atoms with Crippen LogP contribution in [0.1, 0.15) is 98.3 Å². The Kier molecular flexibility index (Phi) is 10.2. The molecular formula is C31H38Cl2Si. The third-order valence-electron chi connectivity index (χ3n) is 6.84. The van der Waals surface area contributed by atoms with Crippen LogP contribution in [0.25, 0.3) is 0 Å². The lowest BCUT2D eigenvalue weighted by Crippen LogP contribution is -2.16. The molecule has 2 aromatic carbocycles. The van der Waals surface area contributed by atoms with Gasteiger partial charge in [-0.05, 0) is 85.0 Å². The smallest absolute Gasteiger partial charge is 0.127 e. The standard InChI is InChI=1S/C17H23ClSi.C14H15Cl/c1-19(2,3)12-11-15-9-10-16(18)13-17(15)14-7-5-4-6-8-14;1-2-11-8-9-13(15)10-14(11)12-6-4-3-5-7-12/h9-10,13-14H,4-8H2,1-3H3;1,8-10,12H,3-7H2. The Labute approximate surface area is 218 Å². The zero-order valence-corrected chi connectivity index (χ0v) is 23.5. The Balaban J connectivity index is 0.000000196. The molecule has 0 N–H and O–H groups in total. The van der Waals surface area contributed by atoms with Gasteiger partial charge in [-0.25, -0.2) is 0 Å². The Morgan fingerprint density at radius 1 is 0.706 bits per heavy atom. The van der Waals surface area contributed by atoms with Gasteiger partial charge in [-0.15, -0.1) is 12.0 Å². The van der Waals surface area contributed by atoms with Gasteiger partial charge in [-0.2, -0.15) is 0 Å². The molecule has 0 bridgehead atoms. The van der Waals surface area contributed by atoms with Crippen molar-refractivity contribution in [3.8, 4) is 23.8 Å². The minimum Gasteiger partial charge on any atom is -0.127 e. The van der Waals surface area contributed by atoms with Gasteiger partial charge in [-0.1, -0.05) is 93.2 Å². The van der Waals surface area contributed by atoms with Gasteiger partial charge in [0, 0.05) is 21.2 Å². The van der Waals surface area contributed by atoms with Crippen LogP contribution < -0.4 is 0 Å². The average Bonchev–Trinajstić information content (AvgIpc) is 2.84. The molecule has 3 heteroatoms. The highest BCUT2D eigenvalue weighted by atomic mass is 35.5. The monoisotopic (exact) mass is 508 g/mol. The van der Waals surface area contributed by atoms with Crippen molar-refractivity contribution in [1.29, 1.82) is 0 Å². The first kappa shape index (κ1) is 27.0. The molecule has 0 atom stereocenters. The van der Waals surface area contributed by atoms with Crippen LogP contribution in [0.15, 0.2) is 36.4 Å². The van der Waals surface area contributed by atoms with Crippen LogP contribution in [0.4, 0.5) is 0 Å². The van der Waals surface area contributed by atoms with Crippen LogP contribution in [0, 0.1) is 23.8 Å². The highest BCUT2D eigenvalue weighted by Crippen LogP contribution is 2.36. The van der Waals surface area contributed by atoms with Crippen molar-refractivity contribution >= 4 is 31.3 Å².